The molecule has 2 N–H and O–H groups in total. The van der Waals surface area contributed by atoms with Gasteiger partial charge >= 0.3 is 0 Å². The Morgan fingerprint density at radius 1 is 1.32 bits per heavy atom. The summed E-state index contributed by atoms with van der Waals surface area (Å²) in [5, 5.41) is 2.57. The summed E-state index contributed by atoms with van der Waals surface area (Å²) in [7, 11) is -2.08. The van der Waals surface area contributed by atoms with Crippen molar-refractivity contribution in [2.45, 2.75) is 4.90 Å². The van der Waals surface area contributed by atoms with Crippen LogP contribution in [0.5, 0.6) is 5.75 Å². The number of sulfonamides is 1. The SMILES string of the molecule is C=CCNC(=O)COc1ccc(S(=O)(=O)NCCOC)cc1. The molecule has 0 heterocycles. The van der Waals surface area contributed by atoms with E-state index in [0.29, 0.717) is 18.9 Å². The van der Waals surface area contributed by atoms with E-state index in [1.165, 1.54) is 31.4 Å². The maximum atomic E-state index is 11.9. The van der Waals surface area contributed by atoms with Crippen LogP contribution in [0, 0.1) is 0 Å². The van der Waals surface area contributed by atoms with Crippen LogP contribution in [0.15, 0.2) is 41.8 Å². The molecular weight excluding hydrogens is 308 g/mol. The molecule has 0 saturated heterocycles. The van der Waals surface area contributed by atoms with E-state index >= 15 is 0 Å². The first kappa shape index (κ1) is 18.1. The van der Waals surface area contributed by atoms with Crippen LogP contribution in [0.1, 0.15) is 0 Å². The van der Waals surface area contributed by atoms with Gasteiger partial charge in [0.25, 0.3) is 5.91 Å². The molecule has 1 amide bonds. The van der Waals surface area contributed by atoms with Crippen molar-refractivity contribution < 1.29 is 22.7 Å². The predicted molar refractivity (Wildman–Crippen MR) is 82.2 cm³/mol. The van der Waals surface area contributed by atoms with Gasteiger partial charge in [-0.25, -0.2) is 13.1 Å². The molecular formula is C14H20N2O5S. The van der Waals surface area contributed by atoms with E-state index in [9.17, 15) is 13.2 Å². The standard InChI is InChI=1S/C14H20N2O5S/c1-3-8-15-14(17)11-21-12-4-6-13(7-5-12)22(18,19)16-9-10-20-2/h3-7,16H,1,8-11H2,2H3,(H,15,17). The van der Waals surface area contributed by atoms with Crippen LogP contribution in [0.3, 0.4) is 0 Å². The lowest BCUT2D eigenvalue weighted by Gasteiger charge is -2.08. The van der Waals surface area contributed by atoms with Crippen LogP contribution < -0.4 is 14.8 Å². The van der Waals surface area contributed by atoms with Crippen LogP contribution in [-0.2, 0) is 19.6 Å². The van der Waals surface area contributed by atoms with E-state index in [0.717, 1.165) is 0 Å². The summed E-state index contributed by atoms with van der Waals surface area (Å²) in [6.45, 7) is 4.19. The number of benzene rings is 1. The Kier molecular flexibility index (Phi) is 7.58. The summed E-state index contributed by atoms with van der Waals surface area (Å²) in [5.74, 6) is 0.127. The smallest absolute Gasteiger partial charge is 0.258 e. The van der Waals surface area contributed by atoms with Gasteiger partial charge in [-0.2, -0.15) is 0 Å². The van der Waals surface area contributed by atoms with Crippen molar-refractivity contribution in [3.8, 4) is 5.75 Å². The lowest BCUT2D eigenvalue weighted by atomic mass is 10.3. The third kappa shape index (κ3) is 6.25. The second-order valence-electron chi connectivity index (χ2n) is 4.24. The molecule has 122 valence electrons. The third-order valence-electron chi connectivity index (χ3n) is 2.55. The minimum absolute atomic E-state index is 0.118. The normalized spacial score (nSPS) is 11.0. The highest BCUT2D eigenvalue weighted by molar-refractivity contribution is 7.89. The molecule has 1 aromatic carbocycles. The average molecular weight is 328 g/mol. The molecule has 0 bridgehead atoms. The lowest BCUT2D eigenvalue weighted by Crippen LogP contribution is -2.28. The Morgan fingerprint density at radius 2 is 2.00 bits per heavy atom. The Labute approximate surface area is 130 Å². The van der Waals surface area contributed by atoms with Crippen molar-refractivity contribution in [3.05, 3.63) is 36.9 Å². The van der Waals surface area contributed by atoms with Gasteiger partial charge in [-0.1, -0.05) is 6.08 Å². The first-order valence-corrected chi connectivity index (χ1v) is 8.07. The van der Waals surface area contributed by atoms with Crippen LogP contribution in [0.2, 0.25) is 0 Å². The highest BCUT2D eigenvalue weighted by Gasteiger charge is 2.13. The molecule has 0 aliphatic rings. The van der Waals surface area contributed by atoms with Crippen molar-refractivity contribution in [1.29, 1.82) is 0 Å². The quantitative estimate of drug-likeness (QED) is 0.476. The predicted octanol–water partition coefficient (Wildman–Crippen LogP) is 0.292. The minimum atomic E-state index is -3.57. The number of hydrogen-bond donors (Lipinski definition) is 2. The second kappa shape index (κ2) is 9.19. The fraction of sp³-hybridized carbons (Fsp3) is 0.357. The number of hydrogen-bond acceptors (Lipinski definition) is 5. The zero-order valence-corrected chi connectivity index (χ0v) is 13.2. The van der Waals surface area contributed by atoms with Gasteiger partial charge in [0.2, 0.25) is 10.0 Å². The molecule has 0 aliphatic heterocycles. The number of rotatable bonds is 10. The van der Waals surface area contributed by atoms with E-state index < -0.39 is 10.0 Å². The number of methoxy groups -OCH3 is 1. The molecule has 7 nitrogen and oxygen atoms in total. The Balaban J connectivity index is 2.55. The molecule has 0 aromatic heterocycles. The summed E-state index contributed by atoms with van der Waals surface area (Å²) >= 11 is 0. The lowest BCUT2D eigenvalue weighted by molar-refractivity contribution is -0.122. The topological polar surface area (TPSA) is 93.7 Å². The second-order valence-corrected chi connectivity index (χ2v) is 6.01. The summed E-state index contributed by atoms with van der Waals surface area (Å²) in [5.41, 5.74) is 0. The maximum Gasteiger partial charge on any atom is 0.258 e. The van der Waals surface area contributed by atoms with E-state index in [-0.39, 0.29) is 24.0 Å². The molecule has 0 radical (unpaired) electrons. The Morgan fingerprint density at radius 3 is 2.59 bits per heavy atom. The van der Waals surface area contributed by atoms with E-state index in [2.05, 4.69) is 16.6 Å². The highest BCUT2D eigenvalue weighted by Crippen LogP contribution is 2.15. The van der Waals surface area contributed by atoms with Gasteiger partial charge in [0, 0.05) is 20.2 Å². The van der Waals surface area contributed by atoms with Crippen molar-refractivity contribution in [2.24, 2.45) is 0 Å². The first-order chi connectivity index (χ1) is 10.5. The Bertz CT molecular complexity index is 584. The summed E-state index contributed by atoms with van der Waals surface area (Å²) in [6, 6.07) is 5.80. The van der Waals surface area contributed by atoms with Gasteiger partial charge in [-0.05, 0) is 24.3 Å². The molecule has 0 spiro atoms. The summed E-state index contributed by atoms with van der Waals surface area (Å²) in [6.07, 6.45) is 1.56. The van der Waals surface area contributed by atoms with Crippen LogP contribution in [0.25, 0.3) is 0 Å². The molecule has 8 heteroatoms. The van der Waals surface area contributed by atoms with Crippen LogP contribution >= 0.6 is 0 Å². The van der Waals surface area contributed by atoms with Gasteiger partial charge in [-0.3, -0.25) is 4.79 Å². The van der Waals surface area contributed by atoms with Crippen LogP contribution in [-0.4, -0.2) is 47.7 Å². The van der Waals surface area contributed by atoms with E-state index in [4.69, 9.17) is 9.47 Å². The van der Waals surface area contributed by atoms with Crippen molar-refractivity contribution in [3.63, 3.8) is 0 Å². The average Bonchev–Trinajstić information content (AvgIpc) is 2.51. The fourth-order valence-electron chi connectivity index (χ4n) is 1.46. The van der Waals surface area contributed by atoms with Crippen LogP contribution in [0.4, 0.5) is 0 Å². The number of amides is 1. The number of carbonyl (C=O) groups is 1. The zero-order chi connectivity index (χ0) is 16.4. The maximum absolute atomic E-state index is 11.9. The molecule has 0 fully saturated rings. The number of ether oxygens (including phenoxy) is 2. The summed E-state index contributed by atoms with van der Waals surface area (Å²) in [4.78, 5) is 11.5. The first-order valence-electron chi connectivity index (χ1n) is 6.58. The molecule has 22 heavy (non-hydrogen) atoms. The zero-order valence-electron chi connectivity index (χ0n) is 12.4. The monoisotopic (exact) mass is 328 g/mol. The number of nitrogens with one attached hydrogen (secondary N) is 2. The molecule has 1 rings (SSSR count). The van der Waals surface area contributed by atoms with Gasteiger partial charge in [-0.15, -0.1) is 6.58 Å². The van der Waals surface area contributed by atoms with Gasteiger partial charge in [0.05, 0.1) is 11.5 Å². The van der Waals surface area contributed by atoms with E-state index in [1.807, 2.05) is 0 Å². The van der Waals surface area contributed by atoms with Crippen molar-refractivity contribution in [1.82, 2.24) is 10.0 Å². The number of carbonyl (C=O) groups excluding carboxylic acids is 1. The Hall–Kier alpha value is -1.90. The van der Waals surface area contributed by atoms with E-state index in [1.54, 1.807) is 6.08 Å². The largest absolute Gasteiger partial charge is 0.484 e. The highest BCUT2D eigenvalue weighted by atomic mass is 32.2. The van der Waals surface area contributed by atoms with Gasteiger partial charge in [0.15, 0.2) is 6.61 Å². The van der Waals surface area contributed by atoms with Gasteiger partial charge < -0.3 is 14.8 Å². The summed E-state index contributed by atoms with van der Waals surface area (Å²) < 4.78 is 36.3. The molecule has 0 atom stereocenters. The third-order valence-corrected chi connectivity index (χ3v) is 4.02. The molecule has 1 aromatic rings. The fourth-order valence-corrected chi connectivity index (χ4v) is 2.48. The van der Waals surface area contributed by atoms with Gasteiger partial charge in [0.1, 0.15) is 5.75 Å². The molecule has 0 aliphatic carbocycles. The van der Waals surface area contributed by atoms with Crippen molar-refractivity contribution >= 4 is 15.9 Å². The van der Waals surface area contributed by atoms with Crippen molar-refractivity contribution in [2.75, 3.05) is 33.4 Å². The molecule has 0 saturated carbocycles. The minimum Gasteiger partial charge on any atom is -0.484 e. The molecule has 0 unspecified atom stereocenters.